The lowest BCUT2D eigenvalue weighted by Crippen LogP contribution is -2.55. The van der Waals surface area contributed by atoms with Crippen LogP contribution in [0.4, 0.5) is 0 Å². The Kier molecular flexibility index (Phi) is 12.9. The van der Waals surface area contributed by atoms with Crippen molar-refractivity contribution in [1.29, 1.82) is 0 Å². The zero-order valence-electron chi connectivity index (χ0n) is 33.8. The summed E-state index contributed by atoms with van der Waals surface area (Å²) < 4.78 is 13.1. The number of nitrogens with zero attached hydrogens (tertiary/aromatic N) is 2. The van der Waals surface area contributed by atoms with E-state index in [0.29, 0.717) is 38.8 Å². The Morgan fingerprint density at radius 2 is 1.02 bits per heavy atom. The molecule has 4 amide bonds. The van der Waals surface area contributed by atoms with Gasteiger partial charge < -0.3 is 40.7 Å². The monoisotopic (exact) mass is 768 g/mol. The molecule has 2 fully saturated rings. The summed E-state index contributed by atoms with van der Waals surface area (Å²) in [6.45, 7) is 12.3. The molecule has 12 heteroatoms. The van der Waals surface area contributed by atoms with Crippen LogP contribution < -0.4 is 22.1 Å². The maximum absolute atomic E-state index is 14.0. The van der Waals surface area contributed by atoms with E-state index >= 15 is 0 Å². The molecule has 0 aliphatic carbocycles. The van der Waals surface area contributed by atoms with E-state index in [1.54, 1.807) is 13.8 Å². The number of benzene rings is 2. The normalized spacial score (nSPS) is 19.5. The van der Waals surface area contributed by atoms with E-state index in [4.69, 9.17) is 20.3 Å². The minimum Gasteiger partial charge on any atom is -0.461 e. The molecular weight excluding hydrogens is 709 g/mol. The number of nitrogens with one attached hydrogen (secondary N) is 2. The van der Waals surface area contributed by atoms with Crippen molar-refractivity contribution >= 4 is 45.6 Å². The number of hydrogen-bond acceptors (Lipinski definition) is 8. The Labute approximate surface area is 330 Å². The van der Waals surface area contributed by atoms with Gasteiger partial charge in [-0.1, -0.05) is 64.1 Å². The molecule has 0 spiro atoms. The second kappa shape index (κ2) is 17.6. The summed E-state index contributed by atoms with van der Waals surface area (Å²) in [7, 11) is 0. The van der Waals surface area contributed by atoms with E-state index in [0.717, 1.165) is 70.3 Å². The van der Waals surface area contributed by atoms with E-state index in [-0.39, 0.29) is 47.5 Å². The van der Waals surface area contributed by atoms with E-state index in [2.05, 4.69) is 22.8 Å². The fourth-order valence-electron chi connectivity index (χ4n) is 8.48. The predicted molar refractivity (Wildman–Crippen MR) is 218 cm³/mol. The summed E-state index contributed by atoms with van der Waals surface area (Å²) >= 11 is 0. The van der Waals surface area contributed by atoms with Crippen LogP contribution in [0.5, 0.6) is 0 Å². The molecule has 2 aliphatic heterocycles. The van der Waals surface area contributed by atoms with Crippen LogP contribution in [-0.4, -0.2) is 82.8 Å². The number of carbonyl (C=O) groups is 4. The highest BCUT2D eigenvalue weighted by Crippen LogP contribution is 2.35. The summed E-state index contributed by atoms with van der Waals surface area (Å²) in [6.07, 6.45) is 5.91. The third-order valence-corrected chi connectivity index (χ3v) is 11.6. The minimum atomic E-state index is -0.706. The Morgan fingerprint density at radius 1 is 0.643 bits per heavy atom. The molecule has 2 aliphatic rings. The van der Waals surface area contributed by atoms with Crippen LogP contribution in [0.2, 0.25) is 0 Å². The number of aryl methyl sites for hydroxylation is 2. The highest BCUT2D eigenvalue weighted by atomic mass is 16.3. The molecule has 12 nitrogen and oxygen atoms in total. The number of rotatable bonds is 15. The summed E-state index contributed by atoms with van der Waals surface area (Å²) in [5.41, 5.74) is 15.5. The average molecular weight is 769 g/mol. The van der Waals surface area contributed by atoms with E-state index in [1.807, 2.05) is 73.9 Å². The molecule has 0 saturated carbocycles. The number of carbonyl (C=O) groups excluding carboxylic acids is 4. The summed E-state index contributed by atoms with van der Waals surface area (Å²) in [5.74, 6) is 0.719. The fourth-order valence-corrected chi connectivity index (χ4v) is 8.48. The van der Waals surface area contributed by atoms with Gasteiger partial charge in [-0.15, -0.1) is 0 Å². The molecule has 2 aromatic carbocycles. The third-order valence-electron chi connectivity index (χ3n) is 11.6. The van der Waals surface area contributed by atoms with Gasteiger partial charge in [-0.2, -0.15) is 0 Å². The summed E-state index contributed by atoms with van der Waals surface area (Å²) in [6, 6.07) is 13.3. The van der Waals surface area contributed by atoms with Crippen molar-refractivity contribution in [3.63, 3.8) is 0 Å². The molecule has 0 unspecified atom stereocenters. The van der Waals surface area contributed by atoms with Crippen LogP contribution in [0.15, 0.2) is 57.4 Å². The molecule has 6 atom stereocenters. The zero-order chi connectivity index (χ0) is 40.3. The first-order valence-corrected chi connectivity index (χ1v) is 20.5. The molecule has 4 aromatic rings. The van der Waals surface area contributed by atoms with E-state index in [9.17, 15) is 19.2 Å². The van der Waals surface area contributed by atoms with Crippen molar-refractivity contribution in [3.05, 3.63) is 71.2 Å². The van der Waals surface area contributed by atoms with Gasteiger partial charge in [0.15, 0.2) is 0 Å². The molecule has 0 bridgehead atoms. The van der Waals surface area contributed by atoms with Crippen molar-refractivity contribution in [2.45, 2.75) is 129 Å². The molecule has 6 N–H and O–H groups in total. The molecule has 2 aromatic heterocycles. The number of amides is 4. The first-order valence-electron chi connectivity index (χ1n) is 20.5. The number of fused-ring (bicyclic) bond motifs is 2. The van der Waals surface area contributed by atoms with E-state index in [1.165, 1.54) is 0 Å². The van der Waals surface area contributed by atoms with Gasteiger partial charge in [0.25, 0.3) is 0 Å². The zero-order valence-corrected chi connectivity index (χ0v) is 33.8. The SMILES string of the molecule is CC(C)[C@H](NC(=O)[C@H](C)N)C(=O)N1CCC[C@@H]1Cc1c(CCc2oc3ccccc3c2C[C@@H]2CCCN2C(=O)[C@@H](NC(=O)[C@H](C)N)C(C)C)oc2ccccc12. The molecule has 2 saturated heterocycles. The predicted octanol–water partition coefficient (Wildman–Crippen LogP) is 5.01. The molecule has 4 heterocycles. The Balaban J connectivity index is 1.25. The largest absolute Gasteiger partial charge is 0.461 e. The van der Waals surface area contributed by atoms with Crippen LogP contribution in [0.3, 0.4) is 0 Å². The number of para-hydroxylation sites is 2. The van der Waals surface area contributed by atoms with Gasteiger partial charge in [0.2, 0.25) is 23.6 Å². The van der Waals surface area contributed by atoms with Crippen molar-refractivity contribution in [2.24, 2.45) is 23.3 Å². The van der Waals surface area contributed by atoms with Crippen molar-refractivity contribution in [1.82, 2.24) is 20.4 Å². The second-order valence-electron chi connectivity index (χ2n) is 16.6. The molecular formula is C44H60N6O6. The standard InChI is InChI=1S/C44H60N6O6/c1-25(2)39(47-41(51)27(5)45)43(53)49-21-11-13-29(49)23-33-31-15-7-9-17-35(31)55-37(33)19-20-38-34(32-16-8-10-18-36(32)56-38)24-30-14-12-22-50(30)44(54)40(26(3)4)48-42(52)28(6)46/h7-10,15-18,25-30,39-40H,11-14,19-24,45-46H2,1-6H3,(H,47,51)(H,48,52)/t27-,28-,29-,30+,39-,40-/m0/s1. The van der Waals surface area contributed by atoms with Gasteiger partial charge in [-0.05, 0) is 76.3 Å². The van der Waals surface area contributed by atoms with Gasteiger partial charge in [-0.25, -0.2) is 0 Å². The van der Waals surface area contributed by atoms with Gasteiger partial charge in [0.05, 0.1) is 12.1 Å². The van der Waals surface area contributed by atoms with Gasteiger partial charge in [0.1, 0.15) is 34.8 Å². The van der Waals surface area contributed by atoms with Crippen molar-refractivity contribution < 1.29 is 28.0 Å². The first kappa shape index (κ1) is 41.0. The third kappa shape index (κ3) is 8.81. The smallest absolute Gasteiger partial charge is 0.245 e. The quantitative estimate of drug-likeness (QED) is 0.131. The summed E-state index contributed by atoms with van der Waals surface area (Å²) in [4.78, 5) is 57.0. The number of nitrogens with two attached hydrogens (primary N) is 2. The van der Waals surface area contributed by atoms with Gasteiger partial charge in [-0.3, -0.25) is 19.2 Å². The second-order valence-corrected chi connectivity index (χ2v) is 16.6. The lowest BCUT2D eigenvalue weighted by Gasteiger charge is -2.31. The lowest BCUT2D eigenvalue weighted by atomic mass is 9.95. The van der Waals surface area contributed by atoms with Crippen molar-refractivity contribution in [3.8, 4) is 0 Å². The Hall–Kier alpha value is -4.68. The van der Waals surface area contributed by atoms with Crippen LogP contribution in [0.1, 0.15) is 89.9 Å². The Bertz CT molecular complexity index is 1890. The van der Waals surface area contributed by atoms with Crippen LogP contribution in [-0.2, 0) is 44.9 Å². The van der Waals surface area contributed by atoms with Crippen molar-refractivity contribution in [2.75, 3.05) is 13.1 Å². The Morgan fingerprint density at radius 3 is 1.38 bits per heavy atom. The lowest BCUT2D eigenvalue weighted by molar-refractivity contribution is -0.138. The maximum atomic E-state index is 14.0. The first-order chi connectivity index (χ1) is 26.7. The van der Waals surface area contributed by atoms with Gasteiger partial charge in [0, 0.05) is 59.9 Å². The fraction of sp³-hybridized carbons (Fsp3) is 0.545. The number of furan rings is 2. The highest BCUT2D eigenvalue weighted by Gasteiger charge is 2.38. The molecule has 0 radical (unpaired) electrons. The van der Waals surface area contributed by atoms with Gasteiger partial charge >= 0.3 is 0 Å². The number of likely N-dealkylation sites (tertiary alicyclic amines) is 2. The molecule has 302 valence electrons. The maximum Gasteiger partial charge on any atom is 0.245 e. The van der Waals surface area contributed by atoms with Crippen LogP contribution in [0, 0.1) is 11.8 Å². The minimum absolute atomic E-state index is 0.0455. The topological polar surface area (TPSA) is 177 Å². The van der Waals surface area contributed by atoms with Crippen LogP contribution >= 0.6 is 0 Å². The van der Waals surface area contributed by atoms with Crippen LogP contribution in [0.25, 0.3) is 21.9 Å². The highest BCUT2D eigenvalue weighted by molar-refractivity contribution is 5.91. The molecule has 6 rings (SSSR count). The average Bonchev–Trinajstić information content (AvgIpc) is 3.97. The molecule has 56 heavy (non-hydrogen) atoms. The van der Waals surface area contributed by atoms with E-state index < -0.39 is 24.2 Å². The summed E-state index contributed by atoms with van der Waals surface area (Å²) in [5, 5.41) is 7.86. The number of hydrogen-bond donors (Lipinski definition) is 4.